The molecule has 0 saturated heterocycles. The molecule has 9 aromatic rings. The van der Waals surface area contributed by atoms with Crippen molar-refractivity contribution in [2.45, 2.75) is 32.1 Å². The molecule has 0 aromatic heterocycles. The molecule has 9 aromatic carbocycles. The van der Waals surface area contributed by atoms with E-state index >= 15 is 0 Å². The molecule has 3 aliphatic carbocycles. The van der Waals surface area contributed by atoms with Crippen molar-refractivity contribution in [3.63, 3.8) is 0 Å². The molecule has 0 heterocycles. The molecule has 0 heteroatoms. The summed E-state index contributed by atoms with van der Waals surface area (Å²) in [5.74, 6) is 0. The fourth-order valence-electron chi connectivity index (χ4n) is 10.2. The number of benzene rings is 9. The molecule has 0 radical (unpaired) electrons. The van der Waals surface area contributed by atoms with Gasteiger partial charge in [-0.15, -0.1) is 0 Å². The number of fused-ring (bicyclic) bond motifs is 3. The Kier molecular flexibility index (Phi) is 6.33. The quantitative estimate of drug-likeness (QED) is 0.127. The summed E-state index contributed by atoms with van der Waals surface area (Å²) in [6.45, 7) is 4.80. The summed E-state index contributed by atoms with van der Waals surface area (Å²) < 4.78 is 0. The highest BCUT2D eigenvalue weighted by Crippen LogP contribution is 2.51. The minimum Gasteiger partial charge on any atom is -0.0795 e. The van der Waals surface area contributed by atoms with E-state index in [1.54, 1.807) is 0 Å². The van der Waals surface area contributed by atoms with Gasteiger partial charge in [0, 0.05) is 5.41 Å². The Morgan fingerprint density at radius 1 is 0.509 bits per heavy atom. The van der Waals surface area contributed by atoms with Crippen LogP contribution in [0.1, 0.15) is 59.2 Å². The SMILES string of the molecule is CC1(C)c2cc(-c3ccc(/C=C/c4ccc5ccc6cccc7ccc4c5c67)cc3)ccc2-c2ccc(-c3ccc4c5c6c(ccc35)C=CCC6=CC4)cc21. The highest BCUT2D eigenvalue weighted by atomic mass is 14.4. The summed E-state index contributed by atoms with van der Waals surface area (Å²) in [6.07, 6.45) is 13.6. The molecule has 0 atom stereocenters. The van der Waals surface area contributed by atoms with Crippen LogP contribution >= 0.6 is 0 Å². The highest BCUT2D eigenvalue weighted by Gasteiger charge is 2.36. The minimum atomic E-state index is -0.110. The molecular weight excluding hydrogens is 661 g/mol. The molecular formula is C55H38. The van der Waals surface area contributed by atoms with Gasteiger partial charge in [-0.3, -0.25) is 0 Å². The van der Waals surface area contributed by atoms with Gasteiger partial charge in [-0.1, -0.05) is 172 Å². The lowest BCUT2D eigenvalue weighted by molar-refractivity contribution is 0.661. The second-order valence-electron chi connectivity index (χ2n) is 16.4. The fourth-order valence-corrected chi connectivity index (χ4v) is 10.2. The van der Waals surface area contributed by atoms with Gasteiger partial charge >= 0.3 is 0 Å². The molecule has 0 saturated carbocycles. The summed E-state index contributed by atoms with van der Waals surface area (Å²) in [7, 11) is 0. The Balaban J connectivity index is 0.860. The van der Waals surface area contributed by atoms with E-state index in [0.717, 1.165) is 12.8 Å². The number of allylic oxidation sites excluding steroid dienone is 3. The molecule has 0 bridgehead atoms. The Morgan fingerprint density at radius 2 is 1.18 bits per heavy atom. The van der Waals surface area contributed by atoms with Crippen LogP contribution in [-0.2, 0) is 11.8 Å². The Hall–Kier alpha value is -6.50. The van der Waals surface area contributed by atoms with Gasteiger partial charge in [0.15, 0.2) is 0 Å². The normalized spacial score (nSPS) is 15.1. The molecule has 55 heavy (non-hydrogen) atoms. The third-order valence-electron chi connectivity index (χ3n) is 13.1. The molecule has 3 aliphatic rings. The third-order valence-corrected chi connectivity index (χ3v) is 13.1. The van der Waals surface area contributed by atoms with Gasteiger partial charge in [-0.05, 0) is 146 Å². The summed E-state index contributed by atoms with van der Waals surface area (Å²) >= 11 is 0. The molecule has 0 amide bonds. The van der Waals surface area contributed by atoms with Crippen LogP contribution in [0.4, 0.5) is 0 Å². The molecule has 0 aliphatic heterocycles. The van der Waals surface area contributed by atoms with Gasteiger partial charge in [-0.25, -0.2) is 0 Å². The molecule has 0 nitrogen and oxygen atoms in total. The minimum absolute atomic E-state index is 0.110. The standard InChI is InChI=1S/C55H38/c1-55(2)49-31-42(34-12-9-33(10-13-34)11-14-35-15-16-40-19-17-36-5-3-7-38-22-27-45(35)53(40)51(36)38)24-28-46(49)47-29-25-43(32-50(47)55)44-26-21-41-20-18-37-6-4-8-39-23-30-48(44)54(41)52(37)39/h3-5,7-19,21-32H,6,20H2,1-2H3/b14-11+. The first-order valence-corrected chi connectivity index (χ1v) is 19.7. The van der Waals surface area contributed by atoms with E-state index in [9.17, 15) is 0 Å². The molecule has 0 unspecified atom stereocenters. The van der Waals surface area contributed by atoms with Crippen LogP contribution in [-0.4, -0.2) is 0 Å². The molecule has 258 valence electrons. The molecule has 0 N–H and O–H groups in total. The Bertz CT molecular complexity index is 3180. The molecule has 0 spiro atoms. The topological polar surface area (TPSA) is 0 Å². The van der Waals surface area contributed by atoms with Crippen LogP contribution in [0, 0.1) is 0 Å². The first kappa shape index (κ1) is 30.9. The second kappa shape index (κ2) is 11.3. The lowest BCUT2D eigenvalue weighted by Crippen LogP contribution is -2.15. The van der Waals surface area contributed by atoms with Crippen molar-refractivity contribution >= 4 is 66.9 Å². The lowest BCUT2D eigenvalue weighted by atomic mass is 9.78. The van der Waals surface area contributed by atoms with Gasteiger partial charge in [0.05, 0.1) is 0 Å². The highest BCUT2D eigenvalue weighted by molar-refractivity contribution is 6.24. The number of rotatable bonds is 4. The summed E-state index contributed by atoms with van der Waals surface area (Å²) in [4.78, 5) is 0. The van der Waals surface area contributed by atoms with E-state index in [1.807, 2.05) is 0 Å². The average molecular weight is 699 g/mol. The largest absolute Gasteiger partial charge is 0.0795 e. The van der Waals surface area contributed by atoms with E-state index < -0.39 is 0 Å². The fraction of sp³-hybridized carbons (Fsp3) is 0.0909. The van der Waals surface area contributed by atoms with Crippen molar-refractivity contribution in [2.75, 3.05) is 0 Å². The van der Waals surface area contributed by atoms with Crippen molar-refractivity contribution in [1.82, 2.24) is 0 Å². The van der Waals surface area contributed by atoms with Gasteiger partial charge in [0.1, 0.15) is 0 Å². The zero-order valence-electron chi connectivity index (χ0n) is 31.1. The monoisotopic (exact) mass is 698 g/mol. The smallest absolute Gasteiger partial charge is 0.0159 e. The van der Waals surface area contributed by atoms with Crippen molar-refractivity contribution in [3.8, 4) is 33.4 Å². The Labute approximate surface area is 321 Å². The van der Waals surface area contributed by atoms with Gasteiger partial charge in [0.2, 0.25) is 0 Å². The molecule has 12 rings (SSSR count). The number of hydrogen-bond acceptors (Lipinski definition) is 0. The lowest BCUT2D eigenvalue weighted by Gasteiger charge is -2.25. The van der Waals surface area contributed by atoms with Crippen LogP contribution in [0.5, 0.6) is 0 Å². The molecule has 0 fully saturated rings. The zero-order chi connectivity index (χ0) is 36.4. The second-order valence-corrected chi connectivity index (χ2v) is 16.4. The van der Waals surface area contributed by atoms with Gasteiger partial charge in [-0.2, -0.15) is 0 Å². The van der Waals surface area contributed by atoms with Crippen molar-refractivity contribution in [3.05, 3.63) is 191 Å². The van der Waals surface area contributed by atoms with Crippen molar-refractivity contribution in [2.24, 2.45) is 0 Å². The van der Waals surface area contributed by atoms with Gasteiger partial charge in [0.25, 0.3) is 0 Å². The van der Waals surface area contributed by atoms with Crippen LogP contribution in [0.25, 0.3) is 100 Å². The van der Waals surface area contributed by atoms with Crippen LogP contribution in [0.15, 0.2) is 152 Å². The summed E-state index contributed by atoms with van der Waals surface area (Å²) in [5, 5.41) is 10.8. The first-order valence-electron chi connectivity index (χ1n) is 19.7. The van der Waals surface area contributed by atoms with E-state index in [4.69, 9.17) is 0 Å². The van der Waals surface area contributed by atoms with Crippen LogP contribution < -0.4 is 0 Å². The maximum atomic E-state index is 2.48. The van der Waals surface area contributed by atoms with Crippen molar-refractivity contribution < 1.29 is 0 Å². The van der Waals surface area contributed by atoms with E-state index in [0.29, 0.717) is 0 Å². The summed E-state index contributed by atoms with van der Waals surface area (Å²) in [6, 6.07) is 52.9. The number of hydrogen-bond donors (Lipinski definition) is 0. The maximum absolute atomic E-state index is 2.48. The van der Waals surface area contributed by atoms with Crippen LogP contribution in [0.2, 0.25) is 0 Å². The maximum Gasteiger partial charge on any atom is 0.0159 e. The van der Waals surface area contributed by atoms with Crippen molar-refractivity contribution in [1.29, 1.82) is 0 Å². The zero-order valence-corrected chi connectivity index (χ0v) is 31.1. The predicted molar refractivity (Wildman–Crippen MR) is 237 cm³/mol. The van der Waals surface area contributed by atoms with E-state index in [2.05, 4.69) is 184 Å². The van der Waals surface area contributed by atoms with E-state index in [1.165, 1.54) is 121 Å². The predicted octanol–water partition coefficient (Wildman–Crippen LogP) is 14.9. The van der Waals surface area contributed by atoms with Crippen LogP contribution in [0.3, 0.4) is 0 Å². The summed E-state index contributed by atoms with van der Waals surface area (Å²) in [5.41, 5.74) is 18.8. The average Bonchev–Trinajstić information content (AvgIpc) is 3.46. The third kappa shape index (κ3) is 4.46. The van der Waals surface area contributed by atoms with E-state index in [-0.39, 0.29) is 5.41 Å². The van der Waals surface area contributed by atoms with Gasteiger partial charge < -0.3 is 0 Å². The first-order chi connectivity index (χ1) is 27.0. The Morgan fingerprint density at radius 3 is 2.00 bits per heavy atom.